The number of aryl methyl sites for hydroxylation is 1. The van der Waals surface area contributed by atoms with Gasteiger partial charge in [-0.15, -0.1) is 0 Å². The molecule has 2 N–H and O–H groups in total. The lowest BCUT2D eigenvalue weighted by molar-refractivity contribution is -0.123. The van der Waals surface area contributed by atoms with Crippen LogP contribution in [0.25, 0.3) is 0 Å². The maximum Gasteiger partial charge on any atom is 0.253 e. The number of likely N-dealkylation sites (tertiary alicyclic amines) is 1. The Kier molecular flexibility index (Phi) is 5.68. The lowest BCUT2D eigenvalue weighted by Gasteiger charge is -2.36. The Labute approximate surface area is 152 Å². The average Bonchev–Trinajstić information content (AvgIpc) is 3.10. The molecule has 7 nitrogen and oxygen atoms in total. The van der Waals surface area contributed by atoms with Gasteiger partial charge >= 0.3 is 0 Å². The van der Waals surface area contributed by atoms with E-state index in [2.05, 4.69) is 10.3 Å². The number of amides is 2. The molecule has 1 saturated heterocycles. The Morgan fingerprint density at radius 2 is 2.08 bits per heavy atom. The van der Waals surface area contributed by atoms with Crippen LogP contribution in [0.1, 0.15) is 29.5 Å². The van der Waals surface area contributed by atoms with E-state index in [1.54, 1.807) is 34.0 Å². The summed E-state index contributed by atoms with van der Waals surface area (Å²) in [5, 5.41) is 13.3. The van der Waals surface area contributed by atoms with E-state index in [1.165, 1.54) is 0 Å². The molecule has 1 aromatic carbocycles. The first-order chi connectivity index (χ1) is 12.6. The summed E-state index contributed by atoms with van der Waals surface area (Å²) >= 11 is 0. The fraction of sp³-hybridized carbons (Fsp3) is 0.421. The fourth-order valence-electron chi connectivity index (χ4n) is 3.25. The van der Waals surface area contributed by atoms with Crippen LogP contribution in [-0.4, -0.2) is 56.6 Å². The Morgan fingerprint density at radius 3 is 2.77 bits per heavy atom. The quantitative estimate of drug-likeness (QED) is 0.831. The number of aromatic nitrogens is 2. The van der Waals surface area contributed by atoms with Crippen molar-refractivity contribution in [1.29, 1.82) is 0 Å². The zero-order valence-corrected chi connectivity index (χ0v) is 14.8. The summed E-state index contributed by atoms with van der Waals surface area (Å²) in [5.41, 5.74) is 0.606. The molecule has 7 heteroatoms. The smallest absolute Gasteiger partial charge is 0.253 e. The van der Waals surface area contributed by atoms with Crippen molar-refractivity contribution < 1.29 is 14.7 Å². The van der Waals surface area contributed by atoms with Gasteiger partial charge in [-0.1, -0.05) is 25.1 Å². The van der Waals surface area contributed by atoms with E-state index in [9.17, 15) is 14.7 Å². The molecule has 2 aromatic rings. The highest BCUT2D eigenvalue weighted by atomic mass is 16.3. The molecular weight excluding hydrogens is 332 g/mol. The average molecular weight is 356 g/mol. The molecule has 26 heavy (non-hydrogen) atoms. The van der Waals surface area contributed by atoms with Gasteiger partial charge in [0.1, 0.15) is 12.4 Å². The van der Waals surface area contributed by atoms with Gasteiger partial charge in [-0.2, -0.15) is 0 Å². The van der Waals surface area contributed by atoms with Gasteiger partial charge in [0, 0.05) is 37.5 Å². The summed E-state index contributed by atoms with van der Waals surface area (Å²) in [5.74, 6) is 0.592. The van der Waals surface area contributed by atoms with Crippen LogP contribution in [-0.2, 0) is 17.8 Å². The van der Waals surface area contributed by atoms with Crippen molar-refractivity contribution in [2.75, 3.05) is 13.1 Å². The normalized spacial score (nSPS) is 20.0. The van der Waals surface area contributed by atoms with Gasteiger partial charge in [0.25, 0.3) is 5.91 Å². The zero-order valence-electron chi connectivity index (χ0n) is 14.8. The second-order valence-electron chi connectivity index (χ2n) is 6.47. The van der Waals surface area contributed by atoms with Crippen molar-refractivity contribution >= 4 is 11.8 Å². The maximum atomic E-state index is 12.5. The van der Waals surface area contributed by atoms with Crippen molar-refractivity contribution in [3.63, 3.8) is 0 Å². The zero-order chi connectivity index (χ0) is 18.5. The number of piperidine rings is 1. The lowest BCUT2D eigenvalue weighted by Crippen LogP contribution is -2.55. The Morgan fingerprint density at radius 1 is 1.31 bits per heavy atom. The molecule has 2 atom stereocenters. The van der Waals surface area contributed by atoms with Gasteiger partial charge in [-0.05, 0) is 18.6 Å². The summed E-state index contributed by atoms with van der Waals surface area (Å²) in [6, 6.07) is 8.67. The number of hydrogen-bond donors (Lipinski definition) is 2. The fourth-order valence-corrected chi connectivity index (χ4v) is 3.25. The number of carbonyl (C=O) groups is 2. The van der Waals surface area contributed by atoms with E-state index >= 15 is 0 Å². The van der Waals surface area contributed by atoms with Gasteiger partial charge in [0.05, 0.1) is 12.1 Å². The van der Waals surface area contributed by atoms with Crippen LogP contribution in [0.2, 0.25) is 0 Å². The van der Waals surface area contributed by atoms with Crippen LogP contribution < -0.4 is 5.32 Å². The summed E-state index contributed by atoms with van der Waals surface area (Å²) in [6.45, 7) is 2.88. The standard InChI is InChI=1S/C19H24N4O3/c1-2-17-20-9-11-22(17)13-18(25)21-15-8-10-23(12-16(15)24)19(26)14-6-4-3-5-7-14/h3-7,9,11,15-16,24H,2,8,10,12-13H2,1H3,(H,21,25)/t15-,16-/m1/s1. The molecule has 0 saturated carbocycles. The molecule has 138 valence electrons. The van der Waals surface area contributed by atoms with Gasteiger partial charge in [0.2, 0.25) is 5.91 Å². The van der Waals surface area contributed by atoms with Gasteiger partial charge in [-0.3, -0.25) is 9.59 Å². The monoisotopic (exact) mass is 356 g/mol. The highest BCUT2D eigenvalue weighted by molar-refractivity contribution is 5.94. The molecule has 0 unspecified atom stereocenters. The van der Waals surface area contributed by atoms with E-state index in [4.69, 9.17) is 0 Å². The maximum absolute atomic E-state index is 12.5. The first-order valence-corrected chi connectivity index (χ1v) is 8.90. The third kappa shape index (κ3) is 4.11. The molecule has 2 amide bonds. The van der Waals surface area contributed by atoms with E-state index in [0.717, 1.165) is 12.2 Å². The molecular formula is C19H24N4O3. The Hall–Kier alpha value is -2.67. The van der Waals surface area contributed by atoms with Gasteiger partial charge in [-0.25, -0.2) is 4.98 Å². The summed E-state index contributed by atoms with van der Waals surface area (Å²) < 4.78 is 1.80. The second kappa shape index (κ2) is 8.14. The number of carbonyl (C=O) groups excluding carboxylic acids is 2. The van der Waals surface area contributed by atoms with Gasteiger partial charge < -0.3 is 19.9 Å². The van der Waals surface area contributed by atoms with Crippen molar-refractivity contribution in [3.05, 3.63) is 54.1 Å². The number of hydrogen-bond acceptors (Lipinski definition) is 4. The minimum atomic E-state index is -0.784. The lowest BCUT2D eigenvalue weighted by atomic mass is 10.0. The van der Waals surface area contributed by atoms with Crippen LogP contribution in [0.4, 0.5) is 0 Å². The van der Waals surface area contributed by atoms with E-state index in [1.807, 2.05) is 25.1 Å². The second-order valence-corrected chi connectivity index (χ2v) is 6.47. The SMILES string of the molecule is CCc1nccn1CC(=O)N[C@@H]1CCN(C(=O)c2ccccc2)C[C@H]1O. The first kappa shape index (κ1) is 18.1. The third-order valence-corrected chi connectivity index (χ3v) is 4.67. The predicted molar refractivity (Wildman–Crippen MR) is 96.5 cm³/mol. The molecule has 0 radical (unpaired) electrons. The van der Waals surface area contributed by atoms with Crippen LogP contribution in [0, 0.1) is 0 Å². The van der Waals surface area contributed by atoms with Crippen LogP contribution in [0.15, 0.2) is 42.7 Å². The molecule has 2 heterocycles. The molecule has 1 aliphatic heterocycles. The topological polar surface area (TPSA) is 87.5 Å². The number of aliphatic hydroxyl groups excluding tert-OH is 1. The Balaban J connectivity index is 1.54. The van der Waals surface area contributed by atoms with E-state index in [-0.39, 0.29) is 30.9 Å². The highest BCUT2D eigenvalue weighted by Crippen LogP contribution is 2.15. The van der Waals surface area contributed by atoms with Crippen molar-refractivity contribution in [1.82, 2.24) is 19.8 Å². The number of benzene rings is 1. The summed E-state index contributed by atoms with van der Waals surface area (Å²) in [7, 11) is 0. The van der Waals surface area contributed by atoms with E-state index < -0.39 is 6.10 Å². The summed E-state index contributed by atoms with van der Waals surface area (Å²) in [4.78, 5) is 30.6. The minimum absolute atomic E-state index is 0.0968. The largest absolute Gasteiger partial charge is 0.389 e. The number of nitrogens with zero attached hydrogens (tertiary/aromatic N) is 3. The highest BCUT2D eigenvalue weighted by Gasteiger charge is 2.31. The van der Waals surface area contributed by atoms with Crippen molar-refractivity contribution in [2.24, 2.45) is 0 Å². The molecule has 1 fully saturated rings. The van der Waals surface area contributed by atoms with E-state index in [0.29, 0.717) is 18.5 Å². The molecule has 3 rings (SSSR count). The van der Waals surface area contributed by atoms with Crippen molar-refractivity contribution in [3.8, 4) is 0 Å². The Bertz CT molecular complexity index is 759. The summed E-state index contributed by atoms with van der Waals surface area (Å²) in [6.07, 6.45) is 3.94. The predicted octanol–water partition coefficient (Wildman–Crippen LogP) is 0.837. The number of β-amino-alcohol motifs (C(OH)–C–C–N with tert-alkyl or cyclic N) is 1. The van der Waals surface area contributed by atoms with Crippen LogP contribution >= 0.6 is 0 Å². The molecule has 1 aromatic heterocycles. The number of aliphatic hydroxyl groups is 1. The molecule has 1 aliphatic rings. The number of nitrogens with one attached hydrogen (secondary N) is 1. The molecule has 0 spiro atoms. The number of imidazole rings is 1. The third-order valence-electron chi connectivity index (χ3n) is 4.67. The minimum Gasteiger partial charge on any atom is -0.389 e. The van der Waals surface area contributed by atoms with Crippen LogP contribution in [0.5, 0.6) is 0 Å². The molecule has 0 aliphatic carbocycles. The van der Waals surface area contributed by atoms with Crippen LogP contribution in [0.3, 0.4) is 0 Å². The molecule has 0 bridgehead atoms. The van der Waals surface area contributed by atoms with Gasteiger partial charge in [0.15, 0.2) is 0 Å². The first-order valence-electron chi connectivity index (χ1n) is 8.90. The number of rotatable bonds is 5. The van der Waals surface area contributed by atoms with Crippen molar-refractivity contribution in [2.45, 2.75) is 38.5 Å².